The van der Waals surface area contributed by atoms with Crippen molar-refractivity contribution in [3.8, 4) is 0 Å². The maximum Gasteiger partial charge on any atom is 0.332 e. The van der Waals surface area contributed by atoms with Crippen LogP contribution < -0.4 is 0 Å². The highest BCUT2D eigenvalue weighted by molar-refractivity contribution is 5.71. The Hall–Kier alpha value is -1.21. The fourth-order valence-electron chi connectivity index (χ4n) is 3.97. The summed E-state index contributed by atoms with van der Waals surface area (Å²) < 4.78 is 97.1. The molecule has 19 heteroatoms. The molecule has 0 bridgehead atoms. The first-order chi connectivity index (χ1) is 28.5. The molecule has 0 unspecified atom stereocenters. The predicted molar refractivity (Wildman–Crippen MR) is 211 cm³/mol. The molecule has 0 fully saturated rings. The zero-order valence-corrected chi connectivity index (χ0v) is 36.1. The van der Waals surface area contributed by atoms with Gasteiger partial charge in [-0.25, -0.2) is 4.79 Å². The van der Waals surface area contributed by atoms with E-state index in [0.29, 0.717) is 211 Å². The zero-order valence-electron chi connectivity index (χ0n) is 36.1. The molecule has 19 nitrogen and oxygen atoms in total. The Bertz CT molecular complexity index is 793. The first kappa shape index (κ1) is 56.8. The van der Waals surface area contributed by atoms with E-state index >= 15 is 0 Å². The summed E-state index contributed by atoms with van der Waals surface area (Å²) in [6.45, 7) is 21.1. The lowest BCUT2D eigenvalue weighted by Gasteiger charge is -2.19. The van der Waals surface area contributed by atoms with Gasteiger partial charge < -0.3 is 85.3 Å². The molecule has 0 radical (unpaired) electrons. The van der Waals surface area contributed by atoms with Crippen LogP contribution >= 0.6 is 0 Å². The van der Waals surface area contributed by atoms with E-state index in [0.717, 1.165) is 0 Å². The molecule has 348 valence electrons. The van der Waals surface area contributed by atoms with Gasteiger partial charge in [0.1, 0.15) is 12.2 Å². The van der Waals surface area contributed by atoms with E-state index in [4.69, 9.17) is 85.3 Å². The molecular weight excluding hydrogens is 772 g/mol. The molecule has 0 aliphatic heterocycles. The quantitative estimate of drug-likeness (QED) is 0.0629. The minimum Gasteiger partial charge on any atom is -0.458 e. The summed E-state index contributed by atoms with van der Waals surface area (Å²) in [6, 6.07) is 0. The van der Waals surface area contributed by atoms with Crippen LogP contribution in [0.1, 0.15) is 20.8 Å². The summed E-state index contributed by atoms with van der Waals surface area (Å²) in [6.07, 6.45) is 0. The van der Waals surface area contributed by atoms with E-state index in [1.807, 2.05) is 20.8 Å². The van der Waals surface area contributed by atoms with Gasteiger partial charge in [0.25, 0.3) is 0 Å². The molecule has 0 atom stereocenters. The van der Waals surface area contributed by atoms with Crippen LogP contribution in [0.2, 0.25) is 0 Å². The molecule has 0 spiro atoms. The van der Waals surface area contributed by atoms with Crippen molar-refractivity contribution in [2.24, 2.45) is 0 Å². The highest BCUT2D eigenvalue weighted by atomic mass is 16.6. The number of hydrogen-bond acceptors (Lipinski definition) is 19. The summed E-state index contributed by atoms with van der Waals surface area (Å²) in [5, 5.41) is 0. The molecule has 0 N–H and O–H groups in total. The lowest BCUT2D eigenvalue weighted by Crippen LogP contribution is -2.27. The van der Waals surface area contributed by atoms with Gasteiger partial charge in [0.05, 0.1) is 211 Å². The van der Waals surface area contributed by atoms with E-state index in [1.165, 1.54) is 0 Å². The molecule has 0 rings (SSSR count). The summed E-state index contributed by atoms with van der Waals surface area (Å²) >= 11 is 0. The number of methoxy groups -OCH3 is 1. The van der Waals surface area contributed by atoms with Gasteiger partial charge in [-0.2, -0.15) is 0 Å². The van der Waals surface area contributed by atoms with Gasteiger partial charge >= 0.3 is 5.97 Å². The van der Waals surface area contributed by atoms with E-state index in [-0.39, 0.29) is 12.6 Å². The van der Waals surface area contributed by atoms with Gasteiger partial charge in [-0.3, -0.25) is 0 Å². The van der Waals surface area contributed by atoms with Crippen LogP contribution in [0.5, 0.6) is 0 Å². The SMILES string of the molecule is COCCOCCOCCOCCOCCOCCOCCOCCOCCOCCOCCOCCOCCOCCOCCOCCOCC(=O)OC(C)(C)C. The van der Waals surface area contributed by atoms with Gasteiger partial charge in [0.2, 0.25) is 0 Å². The standard InChI is InChI=1S/C39H78O19/c1-39(2,3)58-38(40)37-57-36-35-56-34-33-55-32-31-54-30-29-53-28-27-52-26-25-51-24-23-50-22-21-49-20-19-48-18-17-47-16-15-46-14-13-45-12-11-44-10-9-43-8-7-42-6-5-41-4/h5-37H2,1-4H3. The van der Waals surface area contributed by atoms with Crippen LogP contribution in [0.15, 0.2) is 0 Å². The summed E-state index contributed by atoms with van der Waals surface area (Å²) in [5.74, 6) is -0.390. The molecular formula is C39H78O19. The summed E-state index contributed by atoms with van der Waals surface area (Å²) in [5.41, 5.74) is -0.516. The Labute approximate surface area is 347 Å². The van der Waals surface area contributed by atoms with Crippen molar-refractivity contribution in [1.29, 1.82) is 0 Å². The first-order valence-corrected chi connectivity index (χ1v) is 20.4. The maximum atomic E-state index is 11.5. The molecule has 0 aromatic rings. The number of rotatable bonds is 50. The highest BCUT2D eigenvalue weighted by Gasteiger charge is 2.15. The Morgan fingerprint density at radius 2 is 0.431 bits per heavy atom. The second-order valence-corrected chi connectivity index (χ2v) is 12.8. The number of ether oxygens (including phenoxy) is 18. The number of hydrogen-bond donors (Lipinski definition) is 0. The average molecular weight is 851 g/mol. The molecule has 0 aliphatic rings. The largest absolute Gasteiger partial charge is 0.458 e. The van der Waals surface area contributed by atoms with Crippen molar-refractivity contribution in [1.82, 2.24) is 0 Å². The van der Waals surface area contributed by atoms with E-state index in [2.05, 4.69) is 0 Å². The van der Waals surface area contributed by atoms with Crippen LogP contribution in [0.4, 0.5) is 0 Å². The fourth-order valence-corrected chi connectivity index (χ4v) is 3.97. The van der Waals surface area contributed by atoms with Crippen molar-refractivity contribution in [2.75, 3.05) is 225 Å². The lowest BCUT2D eigenvalue weighted by atomic mass is 10.2. The van der Waals surface area contributed by atoms with Gasteiger partial charge in [-0.1, -0.05) is 0 Å². The third-order valence-corrected chi connectivity index (χ3v) is 6.65. The predicted octanol–water partition coefficient (Wildman–Crippen LogP) is 1.24. The minimum absolute atomic E-state index is 0.0875. The van der Waals surface area contributed by atoms with Crippen LogP contribution in [0, 0.1) is 0 Å². The van der Waals surface area contributed by atoms with E-state index < -0.39 is 5.60 Å². The van der Waals surface area contributed by atoms with E-state index in [1.54, 1.807) is 7.11 Å². The zero-order chi connectivity index (χ0) is 42.1. The second kappa shape index (κ2) is 48.5. The lowest BCUT2D eigenvalue weighted by molar-refractivity contribution is -0.160. The van der Waals surface area contributed by atoms with Gasteiger partial charge in [0.15, 0.2) is 0 Å². The molecule has 0 saturated heterocycles. The van der Waals surface area contributed by atoms with Crippen molar-refractivity contribution < 1.29 is 90.1 Å². The normalized spacial score (nSPS) is 11.9. The third kappa shape index (κ3) is 52.8. The minimum atomic E-state index is -0.516. The van der Waals surface area contributed by atoms with Crippen LogP contribution in [0.25, 0.3) is 0 Å². The molecule has 0 saturated carbocycles. The Kier molecular flexibility index (Phi) is 47.4. The molecule has 0 aliphatic carbocycles. The third-order valence-electron chi connectivity index (χ3n) is 6.65. The van der Waals surface area contributed by atoms with Crippen molar-refractivity contribution >= 4 is 5.97 Å². The Balaban J connectivity index is 3.09. The highest BCUT2D eigenvalue weighted by Crippen LogP contribution is 2.06. The maximum absolute atomic E-state index is 11.5. The Morgan fingerprint density at radius 3 is 0.586 bits per heavy atom. The number of esters is 1. The molecule has 58 heavy (non-hydrogen) atoms. The molecule has 0 amide bonds. The summed E-state index contributed by atoms with van der Waals surface area (Å²) in [7, 11) is 1.64. The van der Waals surface area contributed by atoms with E-state index in [9.17, 15) is 4.79 Å². The molecule has 0 aromatic carbocycles. The van der Waals surface area contributed by atoms with Crippen molar-refractivity contribution in [2.45, 2.75) is 26.4 Å². The second-order valence-electron chi connectivity index (χ2n) is 12.8. The molecule has 0 heterocycles. The monoisotopic (exact) mass is 851 g/mol. The van der Waals surface area contributed by atoms with Crippen LogP contribution in [0.3, 0.4) is 0 Å². The first-order valence-electron chi connectivity index (χ1n) is 20.4. The summed E-state index contributed by atoms with van der Waals surface area (Å²) in [4.78, 5) is 11.5. The number of carbonyl (C=O) groups excluding carboxylic acids is 1. The fraction of sp³-hybridized carbons (Fsp3) is 0.974. The van der Waals surface area contributed by atoms with Crippen LogP contribution in [-0.4, -0.2) is 237 Å². The van der Waals surface area contributed by atoms with Gasteiger partial charge in [-0.15, -0.1) is 0 Å². The number of carbonyl (C=O) groups is 1. The van der Waals surface area contributed by atoms with Gasteiger partial charge in [-0.05, 0) is 20.8 Å². The van der Waals surface area contributed by atoms with Crippen molar-refractivity contribution in [3.05, 3.63) is 0 Å². The Morgan fingerprint density at radius 1 is 0.276 bits per heavy atom. The van der Waals surface area contributed by atoms with Gasteiger partial charge in [0, 0.05) is 7.11 Å². The smallest absolute Gasteiger partial charge is 0.332 e. The topological polar surface area (TPSA) is 183 Å². The van der Waals surface area contributed by atoms with Crippen LogP contribution in [-0.2, 0) is 90.1 Å². The molecule has 0 aromatic heterocycles. The van der Waals surface area contributed by atoms with Crippen molar-refractivity contribution in [3.63, 3.8) is 0 Å². The average Bonchev–Trinajstić information content (AvgIpc) is 3.19.